The van der Waals surface area contributed by atoms with Crippen LogP contribution in [0.4, 0.5) is 0 Å². The van der Waals surface area contributed by atoms with Gasteiger partial charge in [-0.25, -0.2) is 4.79 Å². The summed E-state index contributed by atoms with van der Waals surface area (Å²) < 4.78 is 0. The molecule has 12 heavy (non-hydrogen) atoms. The first-order valence-electron chi connectivity index (χ1n) is 2.94. The first kappa shape index (κ1) is 10.2. The van der Waals surface area contributed by atoms with Gasteiger partial charge in [-0.15, -0.1) is 0 Å². The third-order valence-corrected chi connectivity index (χ3v) is 0.871. The molecular weight excluding hydrogens is 164 g/mol. The summed E-state index contributed by atoms with van der Waals surface area (Å²) >= 11 is 0. The number of hydrazine groups is 1. The predicted molar refractivity (Wildman–Crippen MR) is 38.7 cm³/mol. The Morgan fingerprint density at radius 1 is 1.17 bits per heavy atom. The maximum absolute atomic E-state index is 10.7. The Morgan fingerprint density at radius 2 is 1.58 bits per heavy atom. The first-order chi connectivity index (χ1) is 5.45. The van der Waals surface area contributed by atoms with Gasteiger partial charge in [0.05, 0.1) is 0 Å². The second kappa shape index (κ2) is 4.12. The maximum atomic E-state index is 10.7. The number of hydrogen-bond acceptors (Lipinski definition) is 3. The van der Waals surface area contributed by atoms with Crippen LogP contribution in [0.2, 0.25) is 0 Å². The van der Waals surface area contributed by atoms with Crippen molar-refractivity contribution in [2.75, 3.05) is 0 Å². The van der Waals surface area contributed by atoms with Gasteiger partial charge in [0, 0.05) is 5.57 Å². The predicted octanol–water partition coefficient (Wildman–Crippen LogP) is -1.21. The summed E-state index contributed by atoms with van der Waals surface area (Å²) in [5, 5.41) is 8.05. The monoisotopic (exact) mass is 172 g/mol. The third-order valence-electron chi connectivity index (χ3n) is 0.871. The summed E-state index contributed by atoms with van der Waals surface area (Å²) in [7, 11) is 0. The summed E-state index contributed by atoms with van der Waals surface area (Å²) in [5.74, 6) is -3.61. The fourth-order valence-corrected chi connectivity index (χ4v) is 0.274. The van der Waals surface area contributed by atoms with Crippen molar-refractivity contribution in [3.8, 4) is 0 Å². The lowest BCUT2D eigenvalue weighted by Crippen LogP contribution is -2.44. The third kappa shape index (κ3) is 3.35. The van der Waals surface area contributed by atoms with Crippen LogP contribution >= 0.6 is 0 Å². The van der Waals surface area contributed by atoms with E-state index in [-0.39, 0.29) is 5.57 Å². The number of carboxylic acids is 1. The smallest absolute Gasteiger partial charge is 0.396 e. The lowest BCUT2D eigenvalue weighted by Gasteiger charge is -2.02. The van der Waals surface area contributed by atoms with Crippen molar-refractivity contribution in [1.82, 2.24) is 10.9 Å². The molecule has 0 aliphatic heterocycles. The van der Waals surface area contributed by atoms with Crippen LogP contribution in [0.25, 0.3) is 0 Å². The molecule has 66 valence electrons. The quantitative estimate of drug-likeness (QED) is 0.263. The lowest BCUT2D eigenvalue weighted by molar-refractivity contribution is -0.151. The van der Waals surface area contributed by atoms with Gasteiger partial charge < -0.3 is 5.11 Å². The molecule has 0 fully saturated rings. The van der Waals surface area contributed by atoms with E-state index in [2.05, 4.69) is 6.58 Å². The number of nitrogens with one attached hydrogen (secondary N) is 2. The van der Waals surface area contributed by atoms with E-state index in [4.69, 9.17) is 5.11 Å². The molecule has 0 bridgehead atoms. The molecule has 0 aliphatic rings. The number of aliphatic carboxylic acids is 1. The molecule has 0 saturated carbocycles. The maximum Gasteiger partial charge on any atom is 0.396 e. The lowest BCUT2D eigenvalue weighted by atomic mass is 10.3. The molecule has 0 aromatic carbocycles. The summed E-state index contributed by atoms with van der Waals surface area (Å²) in [6.45, 7) is 4.69. The van der Waals surface area contributed by atoms with Crippen molar-refractivity contribution in [1.29, 1.82) is 0 Å². The highest BCUT2D eigenvalue weighted by atomic mass is 16.4. The molecule has 0 spiro atoms. The topological polar surface area (TPSA) is 95.5 Å². The van der Waals surface area contributed by atoms with E-state index < -0.39 is 17.8 Å². The van der Waals surface area contributed by atoms with Crippen molar-refractivity contribution in [2.24, 2.45) is 0 Å². The van der Waals surface area contributed by atoms with E-state index in [1.165, 1.54) is 6.92 Å². The minimum atomic E-state index is -1.67. The van der Waals surface area contributed by atoms with Gasteiger partial charge in [0.2, 0.25) is 0 Å². The van der Waals surface area contributed by atoms with Crippen molar-refractivity contribution < 1.29 is 19.5 Å². The number of hydrogen-bond donors (Lipinski definition) is 3. The highest BCUT2D eigenvalue weighted by Crippen LogP contribution is 1.82. The van der Waals surface area contributed by atoms with Gasteiger partial charge >= 0.3 is 11.9 Å². The highest BCUT2D eigenvalue weighted by Gasteiger charge is 2.11. The fourth-order valence-electron chi connectivity index (χ4n) is 0.274. The molecule has 6 nitrogen and oxygen atoms in total. The van der Waals surface area contributed by atoms with Crippen molar-refractivity contribution in [2.45, 2.75) is 6.92 Å². The van der Waals surface area contributed by atoms with Crippen LogP contribution in [-0.2, 0) is 14.4 Å². The Balaban J connectivity index is 3.85. The Kier molecular flexibility index (Phi) is 3.48. The Morgan fingerprint density at radius 3 is 1.92 bits per heavy atom. The molecule has 0 aliphatic carbocycles. The number of carboxylic acid groups (broad SMARTS) is 1. The molecule has 0 radical (unpaired) electrons. The normalized spacial score (nSPS) is 8.42. The van der Waals surface area contributed by atoms with E-state index in [1.54, 1.807) is 5.43 Å². The minimum absolute atomic E-state index is 0.167. The van der Waals surface area contributed by atoms with E-state index >= 15 is 0 Å². The molecule has 0 unspecified atom stereocenters. The summed E-state index contributed by atoms with van der Waals surface area (Å²) in [6, 6.07) is 0. The van der Waals surface area contributed by atoms with E-state index in [0.29, 0.717) is 0 Å². The largest absolute Gasteiger partial charge is 0.474 e. The summed E-state index contributed by atoms with van der Waals surface area (Å²) in [5.41, 5.74) is 3.68. The second-order valence-electron chi connectivity index (χ2n) is 1.99. The number of carbonyl (C=O) groups excluding carboxylic acids is 2. The molecule has 0 heterocycles. The number of rotatable bonds is 1. The Bertz CT molecular complexity index is 220. The van der Waals surface area contributed by atoms with Gasteiger partial charge in [-0.05, 0) is 6.92 Å². The molecule has 6 heteroatoms. The zero-order chi connectivity index (χ0) is 9.72. The van der Waals surface area contributed by atoms with Crippen LogP contribution in [0.1, 0.15) is 6.92 Å². The second-order valence-corrected chi connectivity index (χ2v) is 1.99. The Hall–Kier alpha value is -1.85. The Labute approximate surface area is 68.2 Å². The van der Waals surface area contributed by atoms with Gasteiger partial charge in [0.15, 0.2) is 0 Å². The van der Waals surface area contributed by atoms with Crippen LogP contribution in [0.5, 0.6) is 0 Å². The first-order valence-corrected chi connectivity index (χ1v) is 2.94. The van der Waals surface area contributed by atoms with Gasteiger partial charge in [-0.3, -0.25) is 20.4 Å². The average molecular weight is 172 g/mol. The average Bonchev–Trinajstić information content (AvgIpc) is 1.98. The number of carbonyl (C=O) groups is 3. The molecular formula is C6H8N2O4. The van der Waals surface area contributed by atoms with E-state index in [1.807, 2.05) is 5.43 Å². The molecule has 3 N–H and O–H groups in total. The molecule has 2 amide bonds. The SMILES string of the molecule is C=C(C)C(=O)NNC(=O)C(=O)O. The van der Waals surface area contributed by atoms with Gasteiger partial charge in [0.1, 0.15) is 0 Å². The standard InChI is InChI=1S/C6H8N2O4/c1-3(2)4(9)7-8-5(10)6(11)12/h1H2,2H3,(H,7,9)(H,8,10)(H,11,12). The van der Waals surface area contributed by atoms with Crippen LogP contribution in [-0.4, -0.2) is 22.9 Å². The number of amides is 2. The molecule has 0 aromatic rings. The van der Waals surface area contributed by atoms with Crippen LogP contribution in [0.15, 0.2) is 12.2 Å². The molecule has 0 aromatic heterocycles. The van der Waals surface area contributed by atoms with Crippen molar-refractivity contribution in [3.63, 3.8) is 0 Å². The highest BCUT2D eigenvalue weighted by molar-refractivity contribution is 6.31. The molecule has 0 rings (SSSR count). The van der Waals surface area contributed by atoms with E-state index in [9.17, 15) is 14.4 Å². The summed E-state index contributed by atoms with van der Waals surface area (Å²) in [4.78, 5) is 30.9. The zero-order valence-corrected chi connectivity index (χ0v) is 6.38. The molecule has 0 atom stereocenters. The fraction of sp³-hybridized carbons (Fsp3) is 0.167. The van der Waals surface area contributed by atoms with Crippen LogP contribution < -0.4 is 10.9 Å². The summed E-state index contributed by atoms with van der Waals surface area (Å²) in [6.07, 6.45) is 0. The van der Waals surface area contributed by atoms with Gasteiger partial charge in [0.25, 0.3) is 5.91 Å². The van der Waals surface area contributed by atoms with Crippen molar-refractivity contribution >= 4 is 17.8 Å². The minimum Gasteiger partial charge on any atom is -0.474 e. The van der Waals surface area contributed by atoms with Gasteiger partial charge in [-0.1, -0.05) is 6.58 Å². The van der Waals surface area contributed by atoms with E-state index in [0.717, 1.165) is 0 Å². The van der Waals surface area contributed by atoms with Crippen LogP contribution in [0.3, 0.4) is 0 Å². The van der Waals surface area contributed by atoms with Crippen LogP contribution in [0, 0.1) is 0 Å². The molecule has 0 saturated heterocycles. The zero-order valence-electron chi connectivity index (χ0n) is 6.38. The van der Waals surface area contributed by atoms with Gasteiger partial charge in [-0.2, -0.15) is 0 Å². The van der Waals surface area contributed by atoms with Crippen molar-refractivity contribution in [3.05, 3.63) is 12.2 Å².